The molecule has 0 aliphatic carbocycles. The van der Waals surface area contributed by atoms with E-state index in [-0.39, 0.29) is 12.3 Å². The van der Waals surface area contributed by atoms with Crippen molar-refractivity contribution < 1.29 is 4.79 Å². The van der Waals surface area contributed by atoms with Crippen molar-refractivity contribution in [3.8, 4) is 11.3 Å². The van der Waals surface area contributed by atoms with Gasteiger partial charge >= 0.3 is 0 Å². The van der Waals surface area contributed by atoms with Crippen LogP contribution in [0.1, 0.15) is 16.7 Å². The zero-order valence-corrected chi connectivity index (χ0v) is 17.5. The molecule has 6 heteroatoms. The van der Waals surface area contributed by atoms with E-state index in [4.69, 9.17) is 0 Å². The van der Waals surface area contributed by atoms with Gasteiger partial charge in [-0.25, -0.2) is 4.52 Å². The molecular formula is C24H20N4OS. The summed E-state index contributed by atoms with van der Waals surface area (Å²) in [6, 6.07) is 20.5. The average Bonchev–Trinajstić information content (AvgIpc) is 3.29. The largest absolute Gasteiger partial charge is 0.293 e. The van der Waals surface area contributed by atoms with E-state index in [2.05, 4.69) is 65.0 Å². The summed E-state index contributed by atoms with van der Waals surface area (Å²) in [6.45, 7) is 4.18. The van der Waals surface area contributed by atoms with Crippen molar-refractivity contribution in [2.24, 2.45) is 0 Å². The number of aromatic nitrogens is 3. The van der Waals surface area contributed by atoms with E-state index in [0.29, 0.717) is 5.95 Å². The van der Waals surface area contributed by atoms with Gasteiger partial charge in [0.1, 0.15) is 0 Å². The standard InChI is InChI=1S/C24H20N4OS/c1-15-10-11-19(16(2)12-15)21-14-30-24-26-23(27-28(21)24)25-22(29)13-18-8-5-7-17-6-3-4-9-20(17)18/h3-12,14H,13H2,1-2H3,(H,25,27,29). The van der Waals surface area contributed by atoms with Crippen molar-refractivity contribution in [3.05, 3.63) is 82.7 Å². The first kappa shape index (κ1) is 18.5. The summed E-state index contributed by atoms with van der Waals surface area (Å²) in [5.74, 6) is 0.204. The van der Waals surface area contributed by atoms with Gasteiger partial charge in [-0.1, -0.05) is 66.2 Å². The second kappa shape index (κ2) is 7.39. The minimum absolute atomic E-state index is 0.127. The number of rotatable bonds is 4. The highest BCUT2D eigenvalue weighted by atomic mass is 32.1. The summed E-state index contributed by atoms with van der Waals surface area (Å²) in [5, 5.41) is 11.7. The molecule has 1 N–H and O–H groups in total. The van der Waals surface area contributed by atoms with Crippen molar-refractivity contribution in [1.29, 1.82) is 0 Å². The van der Waals surface area contributed by atoms with Crippen molar-refractivity contribution in [2.75, 3.05) is 5.32 Å². The quantitative estimate of drug-likeness (QED) is 0.429. The van der Waals surface area contributed by atoms with Crippen molar-refractivity contribution in [1.82, 2.24) is 14.6 Å². The Balaban J connectivity index is 1.40. The number of carbonyl (C=O) groups excluding carboxylic acids is 1. The van der Waals surface area contributed by atoms with Gasteiger partial charge in [0, 0.05) is 10.9 Å². The molecule has 30 heavy (non-hydrogen) atoms. The number of carbonyl (C=O) groups is 1. The van der Waals surface area contributed by atoms with E-state index in [1.807, 2.05) is 30.3 Å². The summed E-state index contributed by atoms with van der Waals surface area (Å²) < 4.78 is 1.80. The van der Waals surface area contributed by atoms with Crippen molar-refractivity contribution in [3.63, 3.8) is 0 Å². The molecule has 2 heterocycles. The Morgan fingerprint density at radius 3 is 2.77 bits per heavy atom. The lowest BCUT2D eigenvalue weighted by atomic mass is 10.0. The van der Waals surface area contributed by atoms with E-state index >= 15 is 0 Å². The molecule has 0 aliphatic rings. The third-order valence-electron chi connectivity index (χ3n) is 5.22. The van der Waals surface area contributed by atoms with Crippen LogP contribution in [0.2, 0.25) is 0 Å². The lowest BCUT2D eigenvalue weighted by Gasteiger charge is -2.06. The van der Waals surface area contributed by atoms with Gasteiger partial charge in [-0.15, -0.1) is 16.4 Å². The van der Waals surface area contributed by atoms with E-state index in [9.17, 15) is 4.79 Å². The Morgan fingerprint density at radius 2 is 1.90 bits per heavy atom. The molecule has 148 valence electrons. The zero-order valence-electron chi connectivity index (χ0n) is 16.7. The lowest BCUT2D eigenvalue weighted by Crippen LogP contribution is -2.15. The maximum absolute atomic E-state index is 12.7. The van der Waals surface area contributed by atoms with Crippen LogP contribution in [0.3, 0.4) is 0 Å². The normalized spacial score (nSPS) is 11.3. The van der Waals surface area contributed by atoms with Crippen LogP contribution in [-0.4, -0.2) is 20.5 Å². The minimum atomic E-state index is -0.127. The molecule has 5 rings (SSSR count). The molecule has 0 saturated carbocycles. The summed E-state index contributed by atoms with van der Waals surface area (Å²) in [7, 11) is 0. The molecule has 2 aromatic heterocycles. The number of nitrogens with one attached hydrogen (secondary N) is 1. The molecule has 0 fully saturated rings. The van der Waals surface area contributed by atoms with Crippen LogP contribution in [0.15, 0.2) is 66.0 Å². The summed E-state index contributed by atoms with van der Waals surface area (Å²) in [6.07, 6.45) is 0.276. The molecule has 5 nitrogen and oxygen atoms in total. The van der Waals surface area contributed by atoms with Crippen molar-refractivity contribution >= 4 is 38.9 Å². The van der Waals surface area contributed by atoms with Crippen molar-refractivity contribution in [2.45, 2.75) is 20.3 Å². The molecule has 3 aromatic carbocycles. The number of thiazole rings is 1. The number of hydrogen-bond donors (Lipinski definition) is 1. The smallest absolute Gasteiger partial charge is 0.250 e. The molecule has 0 unspecified atom stereocenters. The highest BCUT2D eigenvalue weighted by molar-refractivity contribution is 7.15. The van der Waals surface area contributed by atoms with Crippen LogP contribution < -0.4 is 5.32 Å². The van der Waals surface area contributed by atoms with Crippen LogP contribution in [0.25, 0.3) is 27.0 Å². The monoisotopic (exact) mass is 412 g/mol. The Bertz CT molecular complexity index is 1390. The summed E-state index contributed by atoms with van der Waals surface area (Å²) in [5.41, 5.74) is 5.50. The van der Waals surface area contributed by atoms with Gasteiger partial charge in [0.05, 0.1) is 12.1 Å². The van der Waals surface area contributed by atoms with E-state index < -0.39 is 0 Å². The first-order chi connectivity index (χ1) is 14.6. The van der Waals surface area contributed by atoms with Crippen LogP contribution in [0.5, 0.6) is 0 Å². The molecule has 0 spiro atoms. The topological polar surface area (TPSA) is 59.3 Å². The molecule has 1 amide bonds. The third-order valence-corrected chi connectivity index (χ3v) is 6.04. The van der Waals surface area contributed by atoms with Gasteiger partial charge in [0.15, 0.2) is 0 Å². The number of amides is 1. The molecule has 0 saturated heterocycles. The maximum Gasteiger partial charge on any atom is 0.250 e. The molecule has 5 aromatic rings. The fraction of sp³-hybridized carbons (Fsp3) is 0.125. The van der Waals surface area contributed by atoms with Gasteiger partial charge in [0.2, 0.25) is 16.8 Å². The summed E-state index contributed by atoms with van der Waals surface area (Å²) >= 11 is 1.51. The number of hydrogen-bond acceptors (Lipinski definition) is 4. The predicted molar refractivity (Wildman–Crippen MR) is 122 cm³/mol. The highest BCUT2D eigenvalue weighted by Gasteiger charge is 2.15. The van der Waals surface area contributed by atoms with E-state index in [0.717, 1.165) is 32.6 Å². The SMILES string of the molecule is Cc1ccc(-c2csc3nc(NC(=O)Cc4cccc5ccccc45)nn23)c(C)c1. The minimum Gasteiger partial charge on any atom is -0.293 e. The Hall–Kier alpha value is -3.51. The zero-order chi connectivity index (χ0) is 20.7. The van der Waals surface area contributed by atoms with Gasteiger partial charge in [-0.2, -0.15) is 4.98 Å². The second-order valence-corrected chi connectivity index (χ2v) is 8.27. The number of aryl methyl sites for hydroxylation is 2. The average molecular weight is 413 g/mol. The number of benzene rings is 3. The Labute approximate surface area is 178 Å². The molecule has 0 bridgehead atoms. The van der Waals surface area contributed by atoms with Gasteiger partial charge in [-0.05, 0) is 35.7 Å². The molecular weight excluding hydrogens is 392 g/mol. The van der Waals surface area contributed by atoms with E-state index in [1.165, 1.54) is 22.5 Å². The lowest BCUT2D eigenvalue weighted by molar-refractivity contribution is -0.115. The molecule has 0 atom stereocenters. The number of anilines is 1. The second-order valence-electron chi connectivity index (χ2n) is 7.43. The van der Waals surface area contributed by atoms with Gasteiger partial charge in [-0.3, -0.25) is 10.1 Å². The highest BCUT2D eigenvalue weighted by Crippen LogP contribution is 2.29. The van der Waals surface area contributed by atoms with Gasteiger partial charge in [0.25, 0.3) is 0 Å². The Morgan fingerprint density at radius 1 is 1.07 bits per heavy atom. The predicted octanol–water partition coefficient (Wildman–Crippen LogP) is 5.41. The third kappa shape index (κ3) is 3.35. The van der Waals surface area contributed by atoms with Crippen LogP contribution >= 0.6 is 11.3 Å². The number of nitrogens with zero attached hydrogens (tertiary/aromatic N) is 3. The van der Waals surface area contributed by atoms with Crippen LogP contribution in [0.4, 0.5) is 5.95 Å². The van der Waals surface area contributed by atoms with Gasteiger partial charge < -0.3 is 0 Å². The maximum atomic E-state index is 12.7. The van der Waals surface area contributed by atoms with E-state index in [1.54, 1.807) is 4.52 Å². The van der Waals surface area contributed by atoms with Crippen LogP contribution in [-0.2, 0) is 11.2 Å². The molecule has 0 aliphatic heterocycles. The fourth-order valence-corrected chi connectivity index (χ4v) is 4.63. The number of fused-ring (bicyclic) bond motifs is 2. The molecule has 0 radical (unpaired) electrons. The fourth-order valence-electron chi connectivity index (χ4n) is 3.81. The van der Waals surface area contributed by atoms with Crippen LogP contribution in [0, 0.1) is 13.8 Å². The summed E-state index contributed by atoms with van der Waals surface area (Å²) in [4.78, 5) is 17.9. The Kier molecular flexibility index (Phi) is 4.56. The first-order valence-electron chi connectivity index (χ1n) is 9.77. The first-order valence-corrected chi connectivity index (χ1v) is 10.6.